The fourth-order valence-corrected chi connectivity index (χ4v) is 1.33. The van der Waals surface area contributed by atoms with Crippen LogP contribution in [0.15, 0.2) is 12.3 Å². The molecule has 0 unspecified atom stereocenters. The van der Waals surface area contributed by atoms with Crippen molar-refractivity contribution >= 4 is 11.6 Å². The number of ketones is 1. The average molecular weight is 207 g/mol. The third-order valence-electron chi connectivity index (χ3n) is 2.14. The summed E-state index contributed by atoms with van der Waals surface area (Å²) in [7, 11) is 0. The van der Waals surface area contributed by atoms with Crippen LogP contribution in [0.25, 0.3) is 0 Å². The summed E-state index contributed by atoms with van der Waals surface area (Å²) in [6, 6.07) is 2.08. The predicted molar refractivity (Wildman–Crippen MR) is 60.9 cm³/mol. The van der Waals surface area contributed by atoms with Crippen molar-refractivity contribution in [3.8, 4) is 0 Å². The van der Waals surface area contributed by atoms with Gasteiger partial charge < -0.3 is 11.1 Å². The van der Waals surface area contributed by atoms with Gasteiger partial charge in [0.05, 0.1) is 12.1 Å². The summed E-state index contributed by atoms with van der Waals surface area (Å²) in [4.78, 5) is 15.7. The van der Waals surface area contributed by atoms with Gasteiger partial charge in [0.1, 0.15) is 5.82 Å². The molecule has 1 aromatic heterocycles. The van der Waals surface area contributed by atoms with Crippen LogP contribution in [0.1, 0.15) is 29.8 Å². The second-order valence-corrected chi connectivity index (χ2v) is 3.85. The number of nitrogens with two attached hydrogens (primary N) is 1. The van der Waals surface area contributed by atoms with Crippen LogP contribution in [0.3, 0.4) is 0 Å². The fourth-order valence-electron chi connectivity index (χ4n) is 1.33. The van der Waals surface area contributed by atoms with Crippen molar-refractivity contribution in [1.82, 2.24) is 10.3 Å². The van der Waals surface area contributed by atoms with E-state index >= 15 is 0 Å². The van der Waals surface area contributed by atoms with Crippen LogP contribution in [-0.2, 0) is 0 Å². The van der Waals surface area contributed by atoms with E-state index in [-0.39, 0.29) is 11.8 Å². The molecule has 0 spiro atoms. The van der Waals surface area contributed by atoms with Gasteiger partial charge in [-0.15, -0.1) is 0 Å². The molecule has 82 valence electrons. The Kier molecular flexibility index (Phi) is 3.80. The summed E-state index contributed by atoms with van der Waals surface area (Å²) in [5, 5.41) is 3.07. The minimum atomic E-state index is -0.00759. The minimum absolute atomic E-state index is 0.00759. The topological polar surface area (TPSA) is 68.0 Å². The first-order chi connectivity index (χ1) is 7.02. The number of aromatic nitrogens is 1. The zero-order valence-corrected chi connectivity index (χ0v) is 9.37. The standard InChI is InChI=1S/C11H17N3O/c1-7(2)14-6-9(15)10-8(3)4-5-13-11(10)12/h4-5,7,14H,6H2,1-3H3,(H2,12,13). The molecule has 3 N–H and O–H groups in total. The number of hydrogen-bond acceptors (Lipinski definition) is 4. The van der Waals surface area contributed by atoms with Crippen LogP contribution in [0.4, 0.5) is 5.82 Å². The number of nitrogen functional groups attached to an aromatic ring is 1. The van der Waals surface area contributed by atoms with Gasteiger partial charge in [-0.2, -0.15) is 0 Å². The highest BCUT2D eigenvalue weighted by molar-refractivity contribution is 6.02. The highest BCUT2D eigenvalue weighted by Gasteiger charge is 2.13. The number of Topliss-reactive ketones (excluding diaryl/α,β-unsaturated/α-hetero) is 1. The lowest BCUT2D eigenvalue weighted by Gasteiger charge is -2.10. The van der Waals surface area contributed by atoms with E-state index < -0.39 is 0 Å². The summed E-state index contributed by atoms with van der Waals surface area (Å²) < 4.78 is 0. The molecule has 0 aliphatic rings. The normalized spacial score (nSPS) is 10.7. The number of nitrogens with one attached hydrogen (secondary N) is 1. The Hall–Kier alpha value is -1.42. The van der Waals surface area contributed by atoms with Crippen molar-refractivity contribution < 1.29 is 4.79 Å². The molecule has 0 fully saturated rings. The Labute approximate surface area is 89.9 Å². The number of hydrogen-bond donors (Lipinski definition) is 2. The Bertz CT molecular complexity index is 341. The highest BCUT2D eigenvalue weighted by Crippen LogP contribution is 2.13. The van der Waals surface area contributed by atoms with Crippen molar-refractivity contribution in [2.45, 2.75) is 26.8 Å². The molecular weight excluding hydrogens is 190 g/mol. The quantitative estimate of drug-likeness (QED) is 0.727. The van der Waals surface area contributed by atoms with E-state index in [1.165, 1.54) is 0 Å². The van der Waals surface area contributed by atoms with Crippen molar-refractivity contribution in [3.05, 3.63) is 23.4 Å². The van der Waals surface area contributed by atoms with Gasteiger partial charge in [-0.25, -0.2) is 4.98 Å². The van der Waals surface area contributed by atoms with E-state index in [1.54, 1.807) is 12.3 Å². The maximum absolute atomic E-state index is 11.8. The first-order valence-corrected chi connectivity index (χ1v) is 5.00. The lowest BCUT2D eigenvalue weighted by Crippen LogP contribution is -2.30. The van der Waals surface area contributed by atoms with Gasteiger partial charge in [-0.1, -0.05) is 13.8 Å². The zero-order chi connectivity index (χ0) is 11.4. The van der Waals surface area contributed by atoms with E-state index in [2.05, 4.69) is 10.3 Å². The third kappa shape index (κ3) is 3.02. The molecule has 1 rings (SSSR count). The lowest BCUT2D eigenvalue weighted by atomic mass is 10.1. The monoisotopic (exact) mass is 207 g/mol. The largest absolute Gasteiger partial charge is 0.383 e. The summed E-state index contributed by atoms with van der Waals surface area (Å²) in [6.07, 6.45) is 1.61. The molecule has 0 atom stereocenters. The molecular formula is C11H17N3O. The van der Waals surface area contributed by atoms with Gasteiger partial charge in [-0.05, 0) is 18.6 Å². The second-order valence-electron chi connectivity index (χ2n) is 3.85. The zero-order valence-electron chi connectivity index (χ0n) is 9.37. The van der Waals surface area contributed by atoms with Crippen molar-refractivity contribution in [1.29, 1.82) is 0 Å². The molecule has 1 heterocycles. The van der Waals surface area contributed by atoms with Crippen molar-refractivity contribution in [3.63, 3.8) is 0 Å². The summed E-state index contributed by atoms with van der Waals surface area (Å²) in [6.45, 7) is 6.15. The minimum Gasteiger partial charge on any atom is -0.383 e. The van der Waals surface area contributed by atoms with Crippen molar-refractivity contribution in [2.75, 3.05) is 12.3 Å². The maximum Gasteiger partial charge on any atom is 0.180 e. The molecule has 0 aliphatic heterocycles. The second kappa shape index (κ2) is 4.89. The predicted octanol–water partition coefficient (Wildman–Crippen LogP) is 1.15. The van der Waals surface area contributed by atoms with Gasteiger partial charge in [0, 0.05) is 12.2 Å². The number of aryl methyl sites for hydroxylation is 1. The molecule has 0 aliphatic carbocycles. The van der Waals surface area contributed by atoms with Crippen LogP contribution < -0.4 is 11.1 Å². The molecule has 15 heavy (non-hydrogen) atoms. The van der Waals surface area contributed by atoms with E-state index in [1.807, 2.05) is 20.8 Å². The van der Waals surface area contributed by atoms with Crippen LogP contribution >= 0.6 is 0 Å². The molecule has 0 radical (unpaired) electrons. The Morgan fingerprint density at radius 1 is 1.60 bits per heavy atom. The van der Waals surface area contributed by atoms with Crippen molar-refractivity contribution in [2.24, 2.45) is 0 Å². The molecule has 0 saturated heterocycles. The van der Waals surface area contributed by atoms with Gasteiger partial charge in [0.15, 0.2) is 5.78 Å². The smallest absolute Gasteiger partial charge is 0.180 e. The number of carbonyl (C=O) groups is 1. The molecule has 0 saturated carbocycles. The van der Waals surface area contributed by atoms with E-state index in [0.29, 0.717) is 17.9 Å². The number of pyridine rings is 1. The number of rotatable bonds is 4. The number of carbonyl (C=O) groups excluding carboxylic acids is 1. The molecule has 0 bridgehead atoms. The van der Waals surface area contributed by atoms with Crippen LogP contribution in [0.5, 0.6) is 0 Å². The summed E-state index contributed by atoms with van der Waals surface area (Å²) in [5.41, 5.74) is 7.08. The number of anilines is 1. The first kappa shape index (κ1) is 11.7. The van der Waals surface area contributed by atoms with Gasteiger partial charge in [0.2, 0.25) is 0 Å². The van der Waals surface area contributed by atoms with Gasteiger partial charge in [-0.3, -0.25) is 4.79 Å². The van der Waals surface area contributed by atoms with E-state index in [9.17, 15) is 4.79 Å². The van der Waals surface area contributed by atoms with Crippen LogP contribution in [0, 0.1) is 6.92 Å². The van der Waals surface area contributed by atoms with Crippen LogP contribution in [0.2, 0.25) is 0 Å². The highest BCUT2D eigenvalue weighted by atomic mass is 16.1. The fraction of sp³-hybridized carbons (Fsp3) is 0.455. The SMILES string of the molecule is Cc1ccnc(N)c1C(=O)CNC(C)C. The molecule has 0 aromatic carbocycles. The lowest BCUT2D eigenvalue weighted by molar-refractivity contribution is 0.0988. The first-order valence-electron chi connectivity index (χ1n) is 5.00. The average Bonchev–Trinajstić information content (AvgIpc) is 2.14. The Balaban J connectivity index is 2.82. The number of nitrogens with zero attached hydrogens (tertiary/aromatic N) is 1. The molecule has 4 nitrogen and oxygen atoms in total. The molecule has 1 aromatic rings. The third-order valence-corrected chi connectivity index (χ3v) is 2.14. The van der Waals surface area contributed by atoms with E-state index in [0.717, 1.165) is 5.56 Å². The summed E-state index contributed by atoms with van der Waals surface area (Å²) >= 11 is 0. The Morgan fingerprint density at radius 2 is 2.27 bits per heavy atom. The molecule has 4 heteroatoms. The van der Waals surface area contributed by atoms with Gasteiger partial charge >= 0.3 is 0 Å². The van der Waals surface area contributed by atoms with Gasteiger partial charge in [0.25, 0.3) is 0 Å². The van der Waals surface area contributed by atoms with E-state index in [4.69, 9.17) is 5.73 Å². The Morgan fingerprint density at radius 3 is 2.80 bits per heavy atom. The van der Waals surface area contributed by atoms with Crippen LogP contribution in [-0.4, -0.2) is 23.4 Å². The summed E-state index contributed by atoms with van der Waals surface area (Å²) in [5.74, 6) is 0.303. The molecule has 0 amide bonds. The maximum atomic E-state index is 11.8.